The molecule has 31 heavy (non-hydrogen) atoms. The zero-order valence-corrected chi connectivity index (χ0v) is 18.5. The lowest BCUT2D eigenvalue weighted by atomic mass is 9.89. The Bertz CT molecular complexity index is 718. The number of alkyl halides is 6. The van der Waals surface area contributed by atoms with Crippen molar-refractivity contribution in [1.82, 2.24) is 15.1 Å². The molecule has 0 radical (unpaired) electrons. The Labute approximate surface area is 184 Å². The molecule has 0 aromatic heterocycles. The normalized spacial score (nSPS) is 20.2. The fourth-order valence-corrected chi connectivity index (χ4v) is 3.96. The van der Waals surface area contributed by atoms with E-state index in [-0.39, 0.29) is 28.9 Å². The van der Waals surface area contributed by atoms with Crippen molar-refractivity contribution < 1.29 is 26.3 Å². The van der Waals surface area contributed by atoms with Gasteiger partial charge >= 0.3 is 12.4 Å². The lowest BCUT2D eigenvalue weighted by molar-refractivity contribution is -0.143. The average Bonchev–Trinajstić information content (AvgIpc) is 2.64. The van der Waals surface area contributed by atoms with E-state index < -0.39 is 23.5 Å². The number of rotatable bonds is 6. The van der Waals surface area contributed by atoms with Crippen LogP contribution in [0.2, 0.25) is 0 Å². The summed E-state index contributed by atoms with van der Waals surface area (Å²) in [5, 5.41) is 5.63. The first-order valence-corrected chi connectivity index (χ1v) is 10.4. The van der Waals surface area contributed by atoms with Crippen LogP contribution in [-0.2, 0) is 12.4 Å². The number of thiocarbonyl (C=S) groups is 1. The number of nitrogens with one attached hydrogen (secondary N) is 2. The van der Waals surface area contributed by atoms with Gasteiger partial charge in [-0.3, -0.25) is 0 Å². The molecule has 0 aliphatic heterocycles. The number of halogens is 6. The van der Waals surface area contributed by atoms with Gasteiger partial charge in [-0.2, -0.15) is 26.3 Å². The Hall–Kier alpha value is -1.59. The Morgan fingerprint density at radius 3 is 2.00 bits per heavy atom. The van der Waals surface area contributed by atoms with E-state index in [1.165, 1.54) is 0 Å². The van der Waals surface area contributed by atoms with Crippen molar-refractivity contribution in [2.45, 2.75) is 50.1 Å². The predicted octanol–water partition coefficient (Wildman–Crippen LogP) is 4.82. The van der Waals surface area contributed by atoms with Crippen LogP contribution >= 0.6 is 12.2 Å². The van der Waals surface area contributed by atoms with Gasteiger partial charge in [0.05, 0.1) is 11.1 Å². The van der Waals surface area contributed by atoms with Crippen molar-refractivity contribution in [2.75, 3.05) is 39.5 Å². The average molecular weight is 471 g/mol. The van der Waals surface area contributed by atoms with Crippen molar-refractivity contribution in [1.29, 1.82) is 0 Å². The third-order valence-corrected chi connectivity index (χ3v) is 5.58. The van der Waals surface area contributed by atoms with Crippen molar-refractivity contribution in [3.8, 4) is 0 Å². The molecular weight excluding hydrogens is 442 g/mol. The number of hydrogen-bond donors (Lipinski definition) is 2. The highest BCUT2D eigenvalue weighted by Crippen LogP contribution is 2.37. The lowest BCUT2D eigenvalue weighted by Crippen LogP contribution is -2.53. The van der Waals surface area contributed by atoms with Gasteiger partial charge in [0.1, 0.15) is 0 Å². The summed E-state index contributed by atoms with van der Waals surface area (Å²) in [4.78, 5) is 4.28. The Balaban J connectivity index is 2.13. The molecule has 2 rings (SSSR count). The molecule has 1 aliphatic carbocycles. The summed E-state index contributed by atoms with van der Waals surface area (Å²) >= 11 is 5.22. The first-order valence-electron chi connectivity index (χ1n) is 9.99. The quantitative estimate of drug-likeness (QED) is 0.460. The van der Waals surface area contributed by atoms with Crippen LogP contribution in [-0.4, -0.2) is 61.2 Å². The van der Waals surface area contributed by atoms with E-state index in [4.69, 9.17) is 12.2 Å². The smallest absolute Gasteiger partial charge is 0.358 e. The Morgan fingerprint density at radius 1 is 0.935 bits per heavy atom. The van der Waals surface area contributed by atoms with E-state index in [1.54, 1.807) is 0 Å². The molecule has 0 heterocycles. The molecule has 176 valence electrons. The number of likely N-dealkylation sites (N-methyl/N-ethyl adjacent to an activating group) is 2. The largest absolute Gasteiger partial charge is 0.416 e. The van der Waals surface area contributed by atoms with Gasteiger partial charge in [-0.25, -0.2) is 0 Å². The van der Waals surface area contributed by atoms with E-state index in [1.807, 2.05) is 21.1 Å². The second-order valence-corrected chi connectivity index (χ2v) is 8.54. The highest BCUT2D eigenvalue weighted by atomic mass is 32.1. The molecular formula is C20H28F6N4S. The zero-order chi connectivity index (χ0) is 23.4. The maximum Gasteiger partial charge on any atom is 0.416 e. The fraction of sp³-hybridized carbons (Fsp3) is 0.650. The number of anilines is 1. The summed E-state index contributed by atoms with van der Waals surface area (Å²) in [7, 11) is 5.97. The highest BCUT2D eigenvalue weighted by Gasteiger charge is 2.37. The summed E-state index contributed by atoms with van der Waals surface area (Å²) in [6, 6.07) is 1.48. The fourth-order valence-electron chi connectivity index (χ4n) is 3.69. The second kappa shape index (κ2) is 10.4. The molecule has 0 amide bonds. The predicted molar refractivity (Wildman–Crippen MR) is 113 cm³/mol. The summed E-state index contributed by atoms with van der Waals surface area (Å²) in [6.45, 7) is 1.70. The molecule has 2 atom stereocenters. The third-order valence-electron chi connectivity index (χ3n) is 5.36. The molecule has 1 aromatic rings. The van der Waals surface area contributed by atoms with Crippen LogP contribution < -0.4 is 10.6 Å². The van der Waals surface area contributed by atoms with Gasteiger partial charge in [0.2, 0.25) is 0 Å². The summed E-state index contributed by atoms with van der Waals surface area (Å²) < 4.78 is 78.4. The molecule has 0 unspecified atom stereocenters. The summed E-state index contributed by atoms with van der Waals surface area (Å²) in [6.07, 6.45) is -6.04. The molecule has 1 aliphatic rings. The number of hydrogen-bond acceptors (Lipinski definition) is 3. The molecule has 2 N–H and O–H groups in total. The minimum absolute atomic E-state index is 0.00496. The maximum atomic E-state index is 13.1. The highest BCUT2D eigenvalue weighted by molar-refractivity contribution is 7.80. The van der Waals surface area contributed by atoms with Crippen LogP contribution in [0.3, 0.4) is 0 Å². The van der Waals surface area contributed by atoms with Gasteiger partial charge in [0, 0.05) is 30.9 Å². The van der Waals surface area contributed by atoms with Crippen LogP contribution in [0.25, 0.3) is 0 Å². The summed E-state index contributed by atoms with van der Waals surface area (Å²) in [5.74, 6) is 0. The zero-order valence-electron chi connectivity index (χ0n) is 17.7. The monoisotopic (exact) mass is 470 g/mol. The molecule has 11 heteroatoms. The van der Waals surface area contributed by atoms with Gasteiger partial charge in [-0.15, -0.1) is 0 Å². The van der Waals surface area contributed by atoms with E-state index in [0.29, 0.717) is 12.1 Å². The van der Waals surface area contributed by atoms with Crippen LogP contribution in [0.1, 0.15) is 36.8 Å². The van der Waals surface area contributed by atoms with Crippen molar-refractivity contribution in [3.63, 3.8) is 0 Å². The van der Waals surface area contributed by atoms with Crippen molar-refractivity contribution >= 4 is 23.0 Å². The van der Waals surface area contributed by atoms with Crippen LogP contribution in [0.15, 0.2) is 18.2 Å². The van der Waals surface area contributed by atoms with Gasteiger partial charge in [-0.1, -0.05) is 12.8 Å². The van der Waals surface area contributed by atoms with Gasteiger partial charge < -0.3 is 20.4 Å². The lowest BCUT2D eigenvalue weighted by Gasteiger charge is -2.39. The minimum Gasteiger partial charge on any atom is -0.358 e. The summed E-state index contributed by atoms with van der Waals surface area (Å²) in [5.41, 5.74) is -3.12. The number of nitrogens with zero attached hydrogens (tertiary/aromatic N) is 2. The first kappa shape index (κ1) is 25.7. The minimum atomic E-state index is -4.91. The molecule has 1 fully saturated rings. The Kier molecular flexibility index (Phi) is 8.57. The number of benzene rings is 1. The van der Waals surface area contributed by atoms with E-state index in [0.717, 1.165) is 38.8 Å². The standard InChI is InChI=1S/C20H28F6N4S/c1-29(2)8-9-30(3)17-7-5-4-6-16(17)28-18(31)27-15-11-13(19(21,22)23)10-14(12-15)20(24,25)26/h10-12,16-17H,4-9H2,1-3H3,(H2,27,28,31)/t16-,17-/m1/s1. The SMILES string of the molecule is CN(C)CCN(C)[C@@H]1CCCC[C@H]1NC(=S)Nc1cc(C(F)(F)F)cc(C(F)(F)F)c1. The molecule has 1 aromatic carbocycles. The molecule has 1 saturated carbocycles. The van der Waals surface area contributed by atoms with Crippen LogP contribution in [0.4, 0.5) is 32.0 Å². The van der Waals surface area contributed by atoms with Crippen molar-refractivity contribution in [2.24, 2.45) is 0 Å². The van der Waals surface area contributed by atoms with E-state index >= 15 is 0 Å². The third kappa shape index (κ3) is 7.80. The molecule has 0 saturated heterocycles. The van der Waals surface area contributed by atoms with Gasteiger partial charge in [0.25, 0.3) is 0 Å². The van der Waals surface area contributed by atoms with E-state index in [2.05, 4.69) is 20.4 Å². The van der Waals surface area contributed by atoms with E-state index in [9.17, 15) is 26.3 Å². The Morgan fingerprint density at radius 2 is 1.48 bits per heavy atom. The topological polar surface area (TPSA) is 30.5 Å². The second-order valence-electron chi connectivity index (χ2n) is 8.14. The van der Waals surface area contributed by atoms with Crippen molar-refractivity contribution in [3.05, 3.63) is 29.3 Å². The van der Waals surface area contributed by atoms with Gasteiger partial charge in [0.15, 0.2) is 5.11 Å². The molecule has 0 bridgehead atoms. The van der Waals surface area contributed by atoms with Crippen LogP contribution in [0.5, 0.6) is 0 Å². The molecule has 0 spiro atoms. The van der Waals surface area contributed by atoms with Crippen LogP contribution in [0, 0.1) is 0 Å². The maximum absolute atomic E-state index is 13.1. The molecule has 4 nitrogen and oxygen atoms in total. The first-order chi connectivity index (χ1) is 14.3. The van der Waals surface area contributed by atoms with Gasteiger partial charge in [-0.05, 0) is 64.4 Å².